The number of hydrogen-bond donors (Lipinski definition) is 2. The molecule has 0 radical (unpaired) electrons. The lowest BCUT2D eigenvalue weighted by Crippen LogP contribution is -2.35. The Bertz CT molecular complexity index is 399. The van der Waals surface area contributed by atoms with Crippen molar-refractivity contribution in [3.8, 4) is 0 Å². The van der Waals surface area contributed by atoms with Crippen molar-refractivity contribution in [3.63, 3.8) is 0 Å². The van der Waals surface area contributed by atoms with E-state index in [1.165, 1.54) is 24.3 Å². The summed E-state index contributed by atoms with van der Waals surface area (Å²) in [6, 6.07) is 5.42. The normalized spacial score (nSPS) is 13.2. The molecule has 1 amide bonds. The van der Waals surface area contributed by atoms with Crippen LogP contribution in [0.15, 0.2) is 24.3 Å². The minimum Gasteiger partial charge on any atom is -0.393 e. The van der Waals surface area contributed by atoms with Crippen molar-refractivity contribution in [2.75, 3.05) is 6.54 Å². The quantitative estimate of drug-likeness (QED) is 0.846. The Labute approximate surface area is 107 Å². The second-order valence-electron chi connectivity index (χ2n) is 5.41. The van der Waals surface area contributed by atoms with E-state index in [4.69, 9.17) is 0 Å². The standard InChI is InChI=1S/C14H20FNO2/c1-10(17)8-14(2,3)9-16-13(18)11-4-6-12(15)7-5-11/h4-7,10,17H,8-9H2,1-3H3,(H,16,18). The summed E-state index contributed by atoms with van der Waals surface area (Å²) in [6.07, 6.45) is 0.208. The molecular formula is C14H20FNO2. The fourth-order valence-corrected chi connectivity index (χ4v) is 1.89. The molecule has 1 atom stereocenters. The molecule has 1 aromatic rings. The van der Waals surface area contributed by atoms with Crippen molar-refractivity contribution in [2.24, 2.45) is 5.41 Å². The third kappa shape index (κ3) is 4.84. The van der Waals surface area contributed by atoms with E-state index in [1.54, 1.807) is 6.92 Å². The average molecular weight is 253 g/mol. The zero-order valence-corrected chi connectivity index (χ0v) is 11.0. The average Bonchev–Trinajstić information content (AvgIpc) is 2.25. The van der Waals surface area contributed by atoms with Crippen molar-refractivity contribution in [1.29, 1.82) is 0 Å². The van der Waals surface area contributed by atoms with E-state index in [0.29, 0.717) is 18.5 Å². The first kappa shape index (κ1) is 14.6. The highest BCUT2D eigenvalue weighted by molar-refractivity contribution is 5.94. The number of nitrogens with one attached hydrogen (secondary N) is 1. The van der Waals surface area contributed by atoms with Crippen LogP contribution in [0.1, 0.15) is 37.6 Å². The Kier molecular flexibility index (Phi) is 4.84. The van der Waals surface area contributed by atoms with Gasteiger partial charge in [-0.25, -0.2) is 4.39 Å². The Morgan fingerprint density at radius 2 is 1.94 bits per heavy atom. The fraction of sp³-hybridized carbons (Fsp3) is 0.500. The summed E-state index contributed by atoms with van der Waals surface area (Å²) in [6.45, 7) is 6.15. The highest BCUT2D eigenvalue weighted by Crippen LogP contribution is 2.21. The van der Waals surface area contributed by atoms with Crippen molar-refractivity contribution < 1.29 is 14.3 Å². The molecule has 0 aliphatic heterocycles. The van der Waals surface area contributed by atoms with Crippen LogP contribution < -0.4 is 5.32 Å². The van der Waals surface area contributed by atoms with Gasteiger partial charge in [0.2, 0.25) is 0 Å². The van der Waals surface area contributed by atoms with Crippen LogP contribution in [0.25, 0.3) is 0 Å². The number of carbonyl (C=O) groups is 1. The molecule has 1 unspecified atom stereocenters. The van der Waals surface area contributed by atoms with Crippen LogP contribution in [-0.2, 0) is 0 Å². The minimum absolute atomic E-state index is 0.177. The van der Waals surface area contributed by atoms with Crippen molar-refractivity contribution >= 4 is 5.91 Å². The van der Waals surface area contributed by atoms with E-state index in [0.717, 1.165) is 0 Å². The van der Waals surface area contributed by atoms with Crippen molar-refractivity contribution in [2.45, 2.75) is 33.3 Å². The summed E-state index contributed by atoms with van der Waals surface area (Å²) in [5.41, 5.74) is 0.258. The highest BCUT2D eigenvalue weighted by atomic mass is 19.1. The summed E-state index contributed by atoms with van der Waals surface area (Å²) in [4.78, 5) is 11.8. The molecule has 100 valence electrons. The highest BCUT2D eigenvalue weighted by Gasteiger charge is 2.21. The number of aliphatic hydroxyl groups is 1. The Morgan fingerprint density at radius 1 is 1.39 bits per heavy atom. The van der Waals surface area contributed by atoms with Crippen LogP contribution in [0, 0.1) is 11.2 Å². The molecule has 0 heterocycles. The molecule has 0 bridgehead atoms. The second kappa shape index (κ2) is 5.96. The van der Waals surface area contributed by atoms with Gasteiger partial charge in [-0.15, -0.1) is 0 Å². The van der Waals surface area contributed by atoms with Gasteiger partial charge in [-0.2, -0.15) is 0 Å². The molecule has 0 fully saturated rings. The van der Waals surface area contributed by atoms with Gasteiger partial charge >= 0.3 is 0 Å². The first-order chi connectivity index (χ1) is 8.30. The van der Waals surface area contributed by atoms with Gasteiger partial charge in [0.05, 0.1) is 6.10 Å². The number of carbonyl (C=O) groups excluding carboxylic acids is 1. The fourth-order valence-electron chi connectivity index (χ4n) is 1.89. The second-order valence-corrected chi connectivity index (χ2v) is 5.41. The summed E-state index contributed by atoms with van der Waals surface area (Å²) in [5, 5.41) is 12.1. The maximum absolute atomic E-state index is 12.7. The number of halogens is 1. The van der Waals surface area contributed by atoms with E-state index in [-0.39, 0.29) is 17.1 Å². The topological polar surface area (TPSA) is 49.3 Å². The van der Waals surface area contributed by atoms with Crippen LogP contribution in [0.4, 0.5) is 4.39 Å². The van der Waals surface area contributed by atoms with Crippen molar-refractivity contribution in [3.05, 3.63) is 35.6 Å². The van der Waals surface area contributed by atoms with Gasteiger partial charge in [-0.05, 0) is 43.0 Å². The molecule has 1 rings (SSSR count). The predicted octanol–water partition coefficient (Wildman–Crippen LogP) is 2.35. The summed E-state index contributed by atoms with van der Waals surface area (Å²) in [5.74, 6) is -0.588. The van der Waals surface area contributed by atoms with Crippen LogP contribution in [0.2, 0.25) is 0 Å². The maximum Gasteiger partial charge on any atom is 0.251 e. The van der Waals surface area contributed by atoms with E-state index in [1.807, 2.05) is 13.8 Å². The van der Waals surface area contributed by atoms with Gasteiger partial charge in [0.15, 0.2) is 0 Å². The summed E-state index contributed by atoms with van der Waals surface area (Å²) in [7, 11) is 0. The van der Waals surface area contributed by atoms with Gasteiger partial charge in [0, 0.05) is 12.1 Å². The molecule has 1 aromatic carbocycles. The number of aliphatic hydroxyl groups excluding tert-OH is 1. The zero-order valence-electron chi connectivity index (χ0n) is 11.0. The van der Waals surface area contributed by atoms with Crippen LogP contribution in [0.5, 0.6) is 0 Å². The summed E-state index contributed by atoms with van der Waals surface area (Å²) < 4.78 is 12.7. The lowest BCUT2D eigenvalue weighted by Gasteiger charge is -2.26. The molecule has 0 aromatic heterocycles. The van der Waals surface area contributed by atoms with Gasteiger partial charge in [0.1, 0.15) is 5.82 Å². The van der Waals surface area contributed by atoms with Crippen LogP contribution in [0.3, 0.4) is 0 Å². The number of hydrogen-bond acceptors (Lipinski definition) is 2. The smallest absolute Gasteiger partial charge is 0.251 e. The predicted molar refractivity (Wildman–Crippen MR) is 68.8 cm³/mol. The summed E-state index contributed by atoms with van der Waals surface area (Å²) >= 11 is 0. The largest absolute Gasteiger partial charge is 0.393 e. The Morgan fingerprint density at radius 3 is 2.44 bits per heavy atom. The van der Waals surface area contributed by atoms with E-state index >= 15 is 0 Å². The molecule has 18 heavy (non-hydrogen) atoms. The monoisotopic (exact) mass is 253 g/mol. The first-order valence-corrected chi connectivity index (χ1v) is 6.02. The lowest BCUT2D eigenvalue weighted by molar-refractivity contribution is 0.0902. The molecule has 4 heteroatoms. The van der Waals surface area contributed by atoms with E-state index in [9.17, 15) is 14.3 Å². The van der Waals surface area contributed by atoms with Gasteiger partial charge in [0.25, 0.3) is 5.91 Å². The van der Waals surface area contributed by atoms with Gasteiger partial charge < -0.3 is 10.4 Å². The molecule has 0 aliphatic rings. The van der Waals surface area contributed by atoms with Crippen molar-refractivity contribution in [1.82, 2.24) is 5.32 Å². The number of benzene rings is 1. The number of amides is 1. The molecule has 0 aliphatic carbocycles. The molecule has 3 nitrogen and oxygen atoms in total. The lowest BCUT2D eigenvalue weighted by atomic mass is 9.87. The molecule has 2 N–H and O–H groups in total. The Hall–Kier alpha value is -1.42. The third-order valence-electron chi connectivity index (χ3n) is 2.68. The first-order valence-electron chi connectivity index (χ1n) is 6.02. The number of rotatable bonds is 5. The molecule has 0 spiro atoms. The third-order valence-corrected chi connectivity index (χ3v) is 2.68. The van der Waals surface area contributed by atoms with Gasteiger partial charge in [-0.1, -0.05) is 13.8 Å². The van der Waals surface area contributed by atoms with Crippen LogP contribution in [-0.4, -0.2) is 23.7 Å². The SMILES string of the molecule is CC(O)CC(C)(C)CNC(=O)c1ccc(F)cc1. The van der Waals surface area contributed by atoms with Gasteiger partial charge in [-0.3, -0.25) is 4.79 Å². The minimum atomic E-state index is -0.400. The van der Waals surface area contributed by atoms with Crippen LogP contribution >= 0.6 is 0 Å². The van der Waals surface area contributed by atoms with E-state index < -0.39 is 6.10 Å². The molecule has 0 saturated carbocycles. The maximum atomic E-state index is 12.7. The van der Waals surface area contributed by atoms with E-state index in [2.05, 4.69) is 5.32 Å². The molecule has 0 saturated heterocycles. The zero-order chi connectivity index (χ0) is 13.8. The Balaban J connectivity index is 2.53. The molecular weight excluding hydrogens is 233 g/mol.